The molecule has 0 saturated carbocycles. The van der Waals surface area contributed by atoms with Crippen molar-refractivity contribution >= 4 is 23.3 Å². The van der Waals surface area contributed by atoms with Crippen molar-refractivity contribution in [1.82, 2.24) is 4.98 Å². The third-order valence-electron chi connectivity index (χ3n) is 2.22. The van der Waals surface area contributed by atoms with E-state index >= 15 is 0 Å². The molecule has 0 radical (unpaired) electrons. The number of fused-ring (bicyclic) bond motifs is 1. The Hall–Kier alpha value is -1.03. The van der Waals surface area contributed by atoms with Crippen molar-refractivity contribution in [3.63, 3.8) is 0 Å². The van der Waals surface area contributed by atoms with Gasteiger partial charge in [0.05, 0.1) is 12.6 Å². The molecule has 1 aromatic carbocycles. The number of aliphatic hydroxyl groups excluding tert-OH is 1. The van der Waals surface area contributed by atoms with Crippen LogP contribution in [0.4, 0.5) is 0 Å². The summed E-state index contributed by atoms with van der Waals surface area (Å²) in [6, 6.07) is 7.55. The van der Waals surface area contributed by atoms with Gasteiger partial charge in [-0.15, -0.1) is 12.4 Å². The molecule has 0 aliphatic carbocycles. The summed E-state index contributed by atoms with van der Waals surface area (Å²) in [5.74, 6) is 0. The number of aliphatic hydroxyl groups is 1. The summed E-state index contributed by atoms with van der Waals surface area (Å²) in [6.45, 7) is -0.0235. The predicted molar refractivity (Wildman–Crippen MR) is 59.6 cm³/mol. The van der Waals surface area contributed by atoms with Gasteiger partial charge in [0.15, 0.2) is 0 Å². The SMILES string of the molecule is Cl.N[C@@H](CO)c1cccc2[nH]ccc12. The molecule has 0 aliphatic heterocycles. The molecule has 0 spiro atoms. The molecule has 1 atom stereocenters. The number of benzene rings is 1. The average Bonchev–Trinajstić information content (AvgIpc) is 2.63. The molecule has 76 valence electrons. The molecule has 14 heavy (non-hydrogen) atoms. The minimum absolute atomic E-state index is 0. The molecule has 1 aromatic heterocycles. The molecule has 4 heteroatoms. The van der Waals surface area contributed by atoms with Gasteiger partial charge >= 0.3 is 0 Å². The van der Waals surface area contributed by atoms with Crippen molar-refractivity contribution in [1.29, 1.82) is 0 Å². The first-order valence-corrected chi connectivity index (χ1v) is 4.25. The van der Waals surface area contributed by atoms with E-state index in [1.807, 2.05) is 30.5 Å². The Labute approximate surface area is 88.3 Å². The van der Waals surface area contributed by atoms with Gasteiger partial charge in [0.25, 0.3) is 0 Å². The Morgan fingerprint density at radius 2 is 2.14 bits per heavy atom. The Balaban J connectivity index is 0.000000980. The van der Waals surface area contributed by atoms with Crippen molar-refractivity contribution < 1.29 is 5.11 Å². The first kappa shape index (κ1) is 11.0. The van der Waals surface area contributed by atoms with Crippen LogP contribution in [0.1, 0.15) is 11.6 Å². The fraction of sp³-hybridized carbons (Fsp3) is 0.200. The normalized spacial score (nSPS) is 12.4. The molecule has 2 aromatic rings. The number of rotatable bonds is 2. The second kappa shape index (κ2) is 4.46. The lowest BCUT2D eigenvalue weighted by atomic mass is 10.0. The highest BCUT2D eigenvalue weighted by Crippen LogP contribution is 2.21. The third-order valence-corrected chi connectivity index (χ3v) is 2.22. The van der Waals surface area contributed by atoms with Gasteiger partial charge in [-0.1, -0.05) is 12.1 Å². The number of nitrogens with one attached hydrogen (secondary N) is 1. The Bertz CT molecular complexity index is 413. The minimum Gasteiger partial charge on any atom is -0.394 e. The second-order valence-electron chi connectivity index (χ2n) is 3.08. The highest BCUT2D eigenvalue weighted by molar-refractivity contribution is 5.85. The lowest BCUT2D eigenvalue weighted by molar-refractivity contribution is 0.268. The Kier molecular flexibility index (Phi) is 3.52. The van der Waals surface area contributed by atoms with Crippen molar-refractivity contribution in [2.75, 3.05) is 6.61 Å². The van der Waals surface area contributed by atoms with Gasteiger partial charge in [0.2, 0.25) is 0 Å². The van der Waals surface area contributed by atoms with Gasteiger partial charge in [-0.2, -0.15) is 0 Å². The van der Waals surface area contributed by atoms with Crippen LogP contribution in [0.2, 0.25) is 0 Å². The number of aromatic amines is 1. The van der Waals surface area contributed by atoms with Crippen molar-refractivity contribution in [2.24, 2.45) is 5.73 Å². The van der Waals surface area contributed by atoms with E-state index in [0.29, 0.717) is 0 Å². The molecule has 2 rings (SSSR count). The molecule has 0 unspecified atom stereocenters. The van der Waals surface area contributed by atoms with Crippen LogP contribution in [0.15, 0.2) is 30.5 Å². The first-order chi connectivity index (χ1) is 6.33. The van der Waals surface area contributed by atoms with Crippen LogP contribution >= 0.6 is 12.4 Å². The largest absolute Gasteiger partial charge is 0.394 e. The molecular weight excluding hydrogens is 200 g/mol. The quantitative estimate of drug-likeness (QED) is 0.708. The molecule has 3 nitrogen and oxygen atoms in total. The van der Waals surface area contributed by atoms with Gasteiger partial charge in [0.1, 0.15) is 0 Å². The van der Waals surface area contributed by atoms with E-state index < -0.39 is 0 Å². The second-order valence-corrected chi connectivity index (χ2v) is 3.08. The minimum atomic E-state index is -0.292. The Morgan fingerprint density at radius 1 is 1.36 bits per heavy atom. The molecular formula is C10H13ClN2O. The summed E-state index contributed by atoms with van der Waals surface area (Å²) in [5, 5.41) is 10.0. The number of halogens is 1. The summed E-state index contributed by atoms with van der Waals surface area (Å²) >= 11 is 0. The van der Waals surface area contributed by atoms with Gasteiger partial charge < -0.3 is 15.8 Å². The number of hydrogen-bond donors (Lipinski definition) is 3. The fourth-order valence-electron chi connectivity index (χ4n) is 1.53. The molecule has 0 saturated heterocycles. The summed E-state index contributed by atoms with van der Waals surface area (Å²) < 4.78 is 0. The van der Waals surface area contributed by atoms with E-state index in [1.165, 1.54) is 0 Å². The lowest BCUT2D eigenvalue weighted by Crippen LogP contribution is -2.14. The van der Waals surface area contributed by atoms with Gasteiger partial charge in [-0.25, -0.2) is 0 Å². The summed E-state index contributed by atoms with van der Waals surface area (Å²) in [5.41, 5.74) is 7.80. The maximum absolute atomic E-state index is 8.95. The van der Waals surface area contributed by atoms with Crippen LogP contribution in [0, 0.1) is 0 Å². The number of aromatic nitrogens is 1. The molecule has 0 amide bonds. The monoisotopic (exact) mass is 212 g/mol. The highest BCUT2D eigenvalue weighted by Gasteiger charge is 2.08. The zero-order valence-electron chi connectivity index (χ0n) is 7.60. The highest BCUT2D eigenvalue weighted by atomic mass is 35.5. The van der Waals surface area contributed by atoms with Gasteiger partial charge in [-0.3, -0.25) is 0 Å². The fourth-order valence-corrected chi connectivity index (χ4v) is 1.53. The smallest absolute Gasteiger partial charge is 0.0624 e. The number of hydrogen-bond acceptors (Lipinski definition) is 2. The van der Waals surface area contributed by atoms with E-state index in [-0.39, 0.29) is 25.1 Å². The third kappa shape index (κ3) is 1.75. The van der Waals surface area contributed by atoms with Crippen LogP contribution < -0.4 is 5.73 Å². The molecule has 0 aliphatic rings. The Morgan fingerprint density at radius 3 is 2.86 bits per heavy atom. The van der Waals surface area contributed by atoms with Crippen LogP contribution in [0.3, 0.4) is 0 Å². The van der Waals surface area contributed by atoms with Crippen LogP contribution in [-0.4, -0.2) is 16.7 Å². The zero-order chi connectivity index (χ0) is 9.26. The summed E-state index contributed by atoms with van der Waals surface area (Å²) in [4.78, 5) is 3.10. The maximum atomic E-state index is 8.95. The van der Waals surface area contributed by atoms with Crippen molar-refractivity contribution in [3.05, 3.63) is 36.0 Å². The molecule has 1 heterocycles. The standard InChI is InChI=1S/C10H12N2O.ClH/c11-9(6-13)7-2-1-3-10-8(7)4-5-12-10;/h1-5,9,12-13H,6,11H2;1H/t9-;/m0./s1. The zero-order valence-corrected chi connectivity index (χ0v) is 8.42. The predicted octanol–water partition coefficient (Wildman–Crippen LogP) is 1.58. The van der Waals surface area contributed by atoms with E-state index in [2.05, 4.69) is 4.98 Å². The number of nitrogens with two attached hydrogens (primary N) is 1. The van der Waals surface area contributed by atoms with Crippen LogP contribution in [0.25, 0.3) is 10.9 Å². The molecule has 0 fully saturated rings. The van der Waals surface area contributed by atoms with Crippen LogP contribution in [-0.2, 0) is 0 Å². The summed E-state index contributed by atoms with van der Waals surface area (Å²) in [6.07, 6.45) is 1.87. The molecule has 0 bridgehead atoms. The van der Waals surface area contributed by atoms with E-state index in [4.69, 9.17) is 10.8 Å². The van der Waals surface area contributed by atoms with E-state index in [0.717, 1.165) is 16.5 Å². The van der Waals surface area contributed by atoms with Gasteiger partial charge in [-0.05, 0) is 17.7 Å². The summed E-state index contributed by atoms with van der Waals surface area (Å²) in [7, 11) is 0. The lowest BCUT2D eigenvalue weighted by Gasteiger charge is -2.09. The maximum Gasteiger partial charge on any atom is 0.0624 e. The average molecular weight is 213 g/mol. The van der Waals surface area contributed by atoms with Crippen molar-refractivity contribution in [3.8, 4) is 0 Å². The van der Waals surface area contributed by atoms with E-state index in [9.17, 15) is 0 Å². The van der Waals surface area contributed by atoms with E-state index in [1.54, 1.807) is 0 Å². The molecule has 4 N–H and O–H groups in total. The van der Waals surface area contributed by atoms with Crippen LogP contribution in [0.5, 0.6) is 0 Å². The van der Waals surface area contributed by atoms with Gasteiger partial charge in [0, 0.05) is 17.1 Å². The topological polar surface area (TPSA) is 62.0 Å². The van der Waals surface area contributed by atoms with Crippen molar-refractivity contribution in [2.45, 2.75) is 6.04 Å². The first-order valence-electron chi connectivity index (χ1n) is 4.25. The number of H-pyrrole nitrogens is 1.